The smallest absolute Gasteiger partial charge is 0.376 e. The van der Waals surface area contributed by atoms with E-state index in [1.165, 1.54) is 35.2 Å². The minimum Gasteiger partial charge on any atom is -0.376 e. The Morgan fingerprint density at radius 1 is 1.00 bits per heavy atom. The predicted octanol–water partition coefficient (Wildman–Crippen LogP) is 7.01. The maximum atomic E-state index is 14.8. The molecule has 3 rings (SSSR count). The third-order valence-electron chi connectivity index (χ3n) is 6.81. The summed E-state index contributed by atoms with van der Waals surface area (Å²) in [6.45, 7) is 2.72. The number of hydrogen-bond acceptors (Lipinski definition) is 3. The van der Waals surface area contributed by atoms with Crippen LogP contribution in [0, 0.1) is 5.82 Å². The van der Waals surface area contributed by atoms with Crippen molar-refractivity contribution in [2.45, 2.75) is 57.6 Å². The van der Waals surface area contributed by atoms with Gasteiger partial charge in [0, 0.05) is 19.6 Å². The molecule has 0 spiro atoms. The Morgan fingerprint density at radius 3 is 2.31 bits per heavy atom. The van der Waals surface area contributed by atoms with Crippen molar-refractivity contribution in [2.24, 2.45) is 0 Å². The van der Waals surface area contributed by atoms with Gasteiger partial charge in [0.25, 0.3) is 0 Å². The quantitative estimate of drug-likeness (QED) is 0.0945. The van der Waals surface area contributed by atoms with Gasteiger partial charge in [-0.1, -0.05) is 80.8 Å². The molecule has 4 N–H and O–H groups in total. The van der Waals surface area contributed by atoms with Crippen LogP contribution in [0.25, 0.3) is 11.1 Å². The normalized spacial score (nSPS) is 12.7. The average Bonchev–Trinajstić information content (AvgIpc) is 2.94. The fraction of sp³-hybridized carbons (Fsp3) is 0.367. The van der Waals surface area contributed by atoms with Crippen LogP contribution in [0.3, 0.4) is 0 Å². The second-order valence-electron chi connectivity index (χ2n) is 10.0. The van der Waals surface area contributed by atoms with Gasteiger partial charge >= 0.3 is 19.8 Å². The fourth-order valence-corrected chi connectivity index (χ4v) is 5.03. The highest BCUT2D eigenvalue weighted by atomic mass is 31.2. The Balaban J connectivity index is 1.77. The minimum absolute atomic E-state index is 0.0426. The first-order valence-corrected chi connectivity index (χ1v) is 15.3. The number of benzene rings is 3. The molecular weight excluding hydrogens is 575 g/mol. The number of halogens is 4. The summed E-state index contributed by atoms with van der Waals surface area (Å²) in [6, 6.07) is 14.7. The minimum atomic E-state index is -4.88. The molecule has 0 saturated heterocycles. The predicted molar refractivity (Wildman–Crippen MR) is 152 cm³/mol. The summed E-state index contributed by atoms with van der Waals surface area (Å²) in [5, 5.41) is 12.6. The lowest BCUT2D eigenvalue weighted by molar-refractivity contribution is -0.137. The summed E-state index contributed by atoms with van der Waals surface area (Å²) >= 11 is 0. The Labute approximate surface area is 242 Å². The van der Waals surface area contributed by atoms with Crippen molar-refractivity contribution in [3.8, 4) is 11.1 Å². The molecule has 0 radical (unpaired) electrons. The molecule has 2 amide bonds. The number of aliphatic hydroxyl groups excluding tert-OH is 1. The van der Waals surface area contributed by atoms with Crippen LogP contribution in [-0.4, -0.2) is 38.9 Å². The molecule has 7 nitrogen and oxygen atoms in total. The number of unbranched alkanes of at least 4 members (excludes halogenated alkanes) is 3. The van der Waals surface area contributed by atoms with Gasteiger partial charge < -0.3 is 25.1 Å². The number of aliphatic hydroxyl groups is 1. The second kappa shape index (κ2) is 14.8. The number of rotatable bonds is 13. The van der Waals surface area contributed by atoms with Crippen LogP contribution < -0.4 is 5.32 Å². The molecule has 0 saturated carbocycles. The highest BCUT2D eigenvalue weighted by Gasteiger charge is 2.33. The molecule has 0 aliphatic heterocycles. The van der Waals surface area contributed by atoms with Gasteiger partial charge in [-0.05, 0) is 52.8 Å². The molecule has 0 bridgehead atoms. The molecule has 3 aromatic carbocycles. The Morgan fingerprint density at radius 2 is 1.69 bits per heavy atom. The summed E-state index contributed by atoms with van der Waals surface area (Å²) < 4.78 is 66.5. The molecule has 42 heavy (non-hydrogen) atoms. The maximum absolute atomic E-state index is 14.8. The summed E-state index contributed by atoms with van der Waals surface area (Å²) in [4.78, 5) is 32.9. The summed E-state index contributed by atoms with van der Waals surface area (Å²) in [5.74, 6) is -2.94. The summed E-state index contributed by atoms with van der Waals surface area (Å²) in [7, 11) is -4.88. The van der Waals surface area contributed by atoms with Gasteiger partial charge in [0.1, 0.15) is 5.82 Å². The topological polar surface area (TPSA) is 110 Å². The van der Waals surface area contributed by atoms with Crippen molar-refractivity contribution in [1.29, 1.82) is 0 Å². The lowest BCUT2D eigenvalue weighted by Crippen LogP contribution is -2.41. The average molecular weight is 611 g/mol. The number of amides is 2. The van der Waals surface area contributed by atoms with Gasteiger partial charge in [-0.3, -0.25) is 4.57 Å². The zero-order valence-corrected chi connectivity index (χ0v) is 24.0. The molecule has 0 heterocycles. The van der Waals surface area contributed by atoms with Crippen LogP contribution in [0.15, 0.2) is 66.7 Å². The molecule has 0 fully saturated rings. The van der Waals surface area contributed by atoms with Crippen LogP contribution in [0.2, 0.25) is 0 Å². The summed E-state index contributed by atoms with van der Waals surface area (Å²) in [5.41, 5.74) is 0.238. The highest BCUT2D eigenvalue weighted by Crippen LogP contribution is 2.49. The van der Waals surface area contributed by atoms with E-state index in [0.717, 1.165) is 37.8 Å². The van der Waals surface area contributed by atoms with E-state index in [0.29, 0.717) is 17.7 Å². The van der Waals surface area contributed by atoms with Crippen molar-refractivity contribution in [2.75, 3.05) is 13.1 Å². The largest absolute Gasteiger partial charge is 0.417 e. The Hall–Kier alpha value is -3.24. The lowest BCUT2D eigenvalue weighted by Gasteiger charge is -2.24. The van der Waals surface area contributed by atoms with E-state index in [1.807, 2.05) is 0 Å². The van der Waals surface area contributed by atoms with E-state index < -0.39 is 31.0 Å². The van der Waals surface area contributed by atoms with Gasteiger partial charge in [0.2, 0.25) is 0 Å². The summed E-state index contributed by atoms with van der Waals surface area (Å²) in [6.07, 6.45) is -0.621. The van der Waals surface area contributed by atoms with Crippen molar-refractivity contribution >= 4 is 13.6 Å². The number of alkyl halides is 3. The standard InChI is InChI=1S/C30H35F4N2O5P/c1-2-3-4-7-17-35-29(38)36(18-16-23-14-15-24(19-27(23)31)28(37)42(39,40)41)20-21-10-12-22(13-11-21)25-8-5-6-9-26(25)30(32,33)34/h5-6,8-15,19,28,37H,2-4,7,16-18,20H2,1H3,(H,35,38)(H2,39,40,41). The van der Waals surface area contributed by atoms with Crippen molar-refractivity contribution < 1.29 is 41.8 Å². The van der Waals surface area contributed by atoms with Crippen LogP contribution in [0.1, 0.15) is 60.7 Å². The first-order chi connectivity index (χ1) is 19.8. The van der Waals surface area contributed by atoms with Crippen LogP contribution >= 0.6 is 7.60 Å². The van der Waals surface area contributed by atoms with Gasteiger partial charge in [0.15, 0.2) is 5.85 Å². The number of carbonyl (C=O) groups excluding carboxylic acids is 1. The van der Waals surface area contributed by atoms with E-state index >= 15 is 0 Å². The molecule has 228 valence electrons. The van der Waals surface area contributed by atoms with E-state index in [-0.39, 0.29) is 42.2 Å². The maximum Gasteiger partial charge on any atom is 0.417 e. The third-order valence-corrected chi connectivity index (χ3v) is 7.74. The molecule has 1 unspecified atom stereocenters. The molecule has 0 aliphatic rings. The Bertz CT molecular complexity index is 1380. The zero-order valence-electron chi connectivity index (χ0n) is 23.1. The van der Waals surface area contributed by atoms with Crippen molar-refractivity contribution in [1.82, 2.24) is 10.2 Å². The van der Waals surface area contributed by atoms with Crippen LogP contribution in [0.4, 0.5) is 22.4 Å². The third kappa shape index (κ3) is 9.39. The Kier molecular flexibility index (Phi) is 11.7. The van der Waals surface area contributed by atoms with E-state index in [2.05, 4.69) is 12.2 Å². The molecular formula is C30H35F4N2O5P. The van der Waals surface area contributed by atoms with Gasteiger partial charge in [-0.25, -0.2) is 9.18 Å². The van der Waals surface area contributed by atoms with Gasteiger partial charge in [-0.2, -0.15) is 13.2 Å². The monoisotopic (exact) mass is 610 g/mol. The van der Waals surface area contributed by atoms with E-state index in [4.69, 9.17) is 9.79 Å². The number of urea groups is 1. The highest BCUT2D eigenvalue weighted by molar-refractivity contribution is 7.51. The molecule has 12 heteroatoms. The van der Waals surface area contributed by atoms with Crippen LogP contribution in [-0.2, 0) is 23.7 Å². The number of carbonyl (C=O) groups is 1. The van der Waals surface area contributed by atoms with E-state index in [9.17, 15) is 32.0 Å². The van der Waals surface area contributed by atoms with Gasteiger partial charge in [0.05, 0.1) is 5.56 Å². The number of nitrogens with one attached hydrogen (secondary N) is 1. The van der Waals surface area contributed by atoms with Crippen molar-refractivity contribution in [3.05, 3.63) is 94.8 Å². The molecule has 1 atom stereocenters. The zero-order chi connectivity index (χ0) is 30.9. The number of nitrogens with zero attached hydrogens (tertiary/aromatic N) is 1. The van der Waals surface area contributed by atoms with Gasteiger partial charge in [-0.15, -0.1) is 0 Å². The lowest BCUT2D eigenvalue weighted by atomic mass is 9.98. The second-order valence-corrected chi connectivity index (χ2v) is 11.7. The number of hydrogen-bond donors (Lipinski definition) is 4. The first kappa shape index (κ1) is 33.3. The molecule has 0 aromatic heterocycles. The molecule has 0 aliphatic carbocycles. The fourth-order valence-electron chi connectivity index (χ4n) is 4.48. The van der Waals surface area contributed by atoms with Crippen LogP contribution in [0.5, 0.6) is 0 Å². The van der Waals surface area contributed by atoms with E-state index in [1.54, 1.807) is 24.3 Å². The van der Waals surface area contributed by atoms with Crippen molar-refractivity contribution in [3.63, 3.8) is 0 Å². The first-order valence-electron chi connectivity index (χ1n) is 13.6. The molecule has 3 aromatic rings. The SMILES string of the molecule is CCCCCCNC(=O)N(CCc1ccc(C(O)P(=O)(O)O)cc1F)Cc1ccc(-c2ccccc2C(F)(F)F)cc1.